The molecule has 1 aromatic carbocycles. The number of pyridine rings is 1. The van der Waals surface area contributed by atoms with E-state index in [0.29, 0.717) is 0 Å². The number of fused-ring (bicyclic) bond motifs is 1. The molecule has 0 amide bonds. The Balaban J connectivity index is 1.64. The molecule has 0 spiro atoms. The summed E-state index contributed by atoms with van der Waals surface area (Å²) in [5.74, 6) is 0. The summed E-state index contributed by atoms with van der Waals surface area (Å²) in [6, 6.07) is 16.5. The lowest BCUT2D eigenvalue weighted by molar-refractivity contribution is 1.11. The number of aromatic amines is 1. The molecular formula is C17H13N3S. The summed E-state index contributed by atoms with van der Waals surface area (Å²) in [7, 11) is 0. The lowest BCUT2D eigenvalue weighted by Gasteiger charge is -1.96. The van der Waals surface area contributed by atoms with Gasteiger partial charge in [0.2, 0.25) is 0 Å². The molecule has 0 unspecified atom stereocenters. The molecule has 0 saturated heterocycles. The Bertz CT molecular complexity index is 844. The lowest BCUT2D eigenvalue weighted by Crippen LogP contribution is -1.87. The average Bonchev–Trinajstić information content (AvgIpc) is 3.14. The highest BCUT2D eigenvalue weighted by atomic mass is 32.1. The minimum absolute atomic E-state index is 0.871. The molecule has 0 aliphatic rings. The fourth-order valence-corrected chi connectivity index (χ4v) is 3.18. The molecule has 0 atom stereocenters. The minimum Gasteiger partial charge on any atom is -0.337 e. The number of nitrogens with zero attached hydrogens (tertiary/aromatic N) is 2. The van der Waals surface area contributed by atoms with Crippen LogP contribution in [-0.2, 0) is 6.42 Å². The summed E-state index contributed by atoms with van der Waals surface area (Å²) in [6.07, 6.45) is 2.67. The highest BCUT2D eigenvalue weighted by molar-refractivity contribution is 7.13. The van der Waals surface area contributed by atoms with Gasteiger partial charge in [0.05, 0.1) is 11.4 Å². The number of nitrogens with one attached hydrogen (secondary N) is 1. The van der Waals surface area contributed by atoms with Gasteiger partial charge in [0.1, 0.15) is 10.7 Å². The minimum atomic E-state index is 0.871. The van der Waals surface area contributed by atoms with Crippen LogP contribution in [0.15, 0.2) is 60.1 Å². The third kappa shape index (κ3) is 2.45. The molecule has 3 aromatic heterocycles. The third-order valence-corrected chi connectivity index (χ3v) is 4.33. The molecule has 0 radical (unpaired) electrons. The predicted octanol–water partition coefficient (Wildman–Crippen LogP) is 4.28. The van der Waals surface area contributed by atoms with Gasteiger partial charge in [0, 0.05) is 23.4 Å². The molecule has 0 saturated carbocycles. The molecule has 0 fully saturated rings. The molecule has 0 aliphatic carbocycles. The predicted molar refractivity (Wildman–Crippen MR) is 86.4 cm³/mol. The molecule has 0 bridgehead atoms. The van der Waals surface area contributed by atoms with Crippen LogP contribution in [-0.4, -0.2) is 15.0 Å². The zero-order valence-electron chi connectivity index (χ0n) is 11.3. The standard InChI is InChI=1S/C17H13N3S/c1-2-5-12(6-3-1)9-14-11-21-17(19-14)15-10-13-7-4-8-18-16(13)20-15/h1-8,10-11H,9H2,(H,18,20). The van der Waals surface area contributed by atoms with Crippen molar-refractivity contribution in [3.8, 4) is 10.7 Å². The summed E-state index contributed by atoms with van der Waals surface area (Å²) in [5, 5.41) is 4.26. The fraction of sp³-hybridized carbons (Fsp3) is 0.0588. The molecule has 4 aromatic rings. The summed E-state index contributed by atoms with van der Waals surface area (Å²) in [4.78, 5) is 12.4. The average molecular weight is 291 g/mol. The zero-order valence-corrected chi connectivity index (χ0v) is 12.1. The number of rotatable bonds is 3. The molecule has 21 heavy (non-hydrogen) atoms. The summed E-state index contributed by atoms with van der Waals surface area (Å²) in [6.45, 7) is 0. The Labute approximate surface area is 126 Å². The molecule has 1 N–H and O–H groups in total. The number of benzene rings is 1. The van der Waals surface area contributed by atoms with Gasteiger partial charge in [0.25, 0.3) is 0 Å². The smallest absolute Gasteiger partial charge is 0.140 e. The highest BCUT2D eigenvalue weighted by Gasteiger charge is 2.08. The Morgan fingerprint density at radius 2 is 1.95 bits per heavy atom. The van der Waals surface area contributed by atoms with Crippen molar-refractivity contribution in [1.29, 1.82) is 0 Å². The van der Waals surface area contributed by atoms with Crippen molar-refractivity contribution < 1.29 is 0 Å². The normalized spacial score (nSPS) is 11.0. The van der Waals surface area contributed by atoms with Crippen molar-refractivity contribution in [1.82, 2.24) is 15.0 Å². The van der Waals surface area contributed by atoms with E-state index in [1.54, 1.807) is 17.5 Å². The number of hydrogen-bond donors (Lipinski definition) is 1. The maximum absolute atomic E-state index is 4.73. The Morgan fingerprint density at radius 3 is 2.81 bits per heavy atom. The van der Waals surface area contributed by atoms with Gasteiger partial charge in [-0.15, -0.1) is 11.3 Å². The SMILES string of the molecule is c1ccc(Cc2csc(-c3cc4cccnc4[nH]3)n2)cc1. The fourth-order valence-electron chi connectivity index (χ4n) is 2.39. The maximum Gasteiger partial charge on any atom is 0.140 e. The van der Waals surface area contributed by atoms with Crippen LogP contribution in [0.4, 0.5) is 0 Å². The van der Waals surface area contributed by atoms with Crippen molar-refractivity contribution in [3.63, 3.8) is 0 Å². The second kappa shape index (κ2) is 5.14. The second-order valence-electron chi connectivity index (χ2n) is 4.93. The first-order valence-electron chi connectivity index (χ1n) is 6.81. The van der Waals surface area contributed by atoms with Crippen LogP contribution < -0.4 is 0 Å². The highest BCUT2D eigenvalue weighted by Crippen LogP contribution is 2.26. The van der Waals surface area contributed by atoms with Crippen LogP contribution >= 0.6 is 11.3 Å². The van der Waals surface area contributed by atoms with E-state index in [1.807, 2.05) is 12.1 Å². The molecule has 102 valence electrons. The number of hydrogen-bond acceptors (Lipinski definition) is 3. The lowest BCUT2D eigenvalue weighted by atomic mass is 10.1. The number of thiazole rings is 1. The van der Waals surface area contributed by atoms with Gasteiger partial charge in [-0.1, -0.05) is 30.3 Å². The van der Waals surface area contributed by atoms with E-state index in [9.17, 15) is 0 Å². The van der Waals surface area contributed by atoms with Gasteiger partial charge in [-0.05, 0) is 23.8 Å². The van der Waals surface area contributed by atoms with Crippen molar-refractivity contribution >= 4 is 22.4 Å². The topological polar surface area (TPSA) is 41.6 Å². The largest absolute Gasteiger partial charge is 0.337 e. The van der Waals surface area contributed by atoms with Crippen molar-refractivity contribution in [2.75, 3.05) is 0 Å². The third-order valence-electron chi connectivity index (χ3n) is 3.40. The quantitative estimate of drug-likeness (QED) is 0.612. The van der Waals surface area contributed by atoms with Crippen molar-refractivity contribution in [3.05, 3.63) is 71.4 Å². The van der Waals surface area contributed by atoms with Crippen molar-refractivity contribution in [2.24, 2.45) is 0 Å². The van der Waals surface area contributed by atoms with E-state index >= 15 is 0 Å². The van der Waals surface area contributed by atoms with Gasteiger partial charge >= 0.3 is 0 Å². The van der Waals surface area contributed by atoms with E-state index in [1.165, 1.54) is 5.56 Å². The zero-order chi connectivity index (χ0) is 14.1. The van der Waals surface area contributed by atoms with Crippen LogP contribution in [0.2, 0.25) is 0 Å². The van der Waals surface area contributed by atoms with E-state index in [-0.39, 0.29) is 0 Å². The Hall–Kier alpha value is -2.46. The monoisotopic (exact) mass is 291 g/mol. The van der Waals surface area contributed by atoms with Crippen molar-refractivity contribution in [2.45, 2.75) is 6.42 Å². The molecule has 3 nitrogen and oxygen atoms in total. The van der Waals surface area contributed by atoms with Gasteiger partial charge < -0.3 is 4.98 Å². The Morgan fingerprint density at radius 1 is 1.05 bits per heavy atom. The van der Waals surface area contributed by atoms with Crippen LogP contribution in [0.25, 0.3) is 21.7 Å². The molecule has 0 aliphatic heterocycles. The van der Waals surface area contributed by atoms with Gasteiger partial charge in [0.15, 0.2) is 0 Å². The molecular weight excluding hydrogens is 278 g/mol. The molecule has 4 heteroatoms. The summed E-state index contributed by atoms with van der Waals surface area (Å²) in [5.41, 5.74) is 4.33. The Kier molecular flexibility index (Phi) is 3.01. The molecule has 3 heterocycles. The van der Waals surface area contributed by atoms with Crippen LogP contribution in [0, 0.1) is 0 Å². The first-order chi connectivity index (χ1) is 10.4. The molecule has 4 rings (SSSR count). The van der Waals surface area contributed by atoms with Gasteiger partial charge in [-0.3, -0.25) is 0 Å². The summed E-state index contributed by atoms with van der Waals surface area (Å²) >= 11 is 1.67. The van der Waals surface area contributed by atoms with E-state index in [0.717, 1.165) is 33.8 Å². The first kappa shape index (κ1) is 12.3. The number of aromatic nitrogens is 3. The second-order valence-corrected chi connectivity index (χ2v) is 5.79. The van der Waals surface area contributed by atoms with Crippen LogP contribution in [0.3, 0.4) is 0 Å². The van der Waals surface area contributed by atoms with E-state index in [4.69, 9.17) is 4.98 Å². The first-order valence-corrected chi connectivity index (χ1v) is 7.69. The van der Waals surface area contributed by atoms with Crippen LogP contribution in [0.1, 0.15) is 11.3 Å². The number of H-pyrrole nitrogens is 1. The maximum atomic E-state index is 4.73. The van der Waals surface area contributed by atoms with E-state index < -0.39 is 0 Å². The summed E-state index contributed by atoms with van der Waals surface area (Å²) < 4.78 is 0. The van der Waals surface area contributed by atoms with Crippen LogP contribution in [0.5, 0.6) is 0 Å². The van der Waals surface area contributed by atoms with Gasteiger partial charge in [-0.25, -0.2) is 9.97 Å². The van der Waals surface area contributed by atoms with Gasteiger partial charge in [-0.2, -0.15) is 0 Å². The van der Waals surface area contributed by atoms with E-state index in [2.05, 4.69) is 51.7 Å².